The summed E-state index contributed by atoms with van der Waals surface area (Å²) in [5.74, 6) is 0. The maximum atomic E-state index is 11.8. The second-order valence-electron chi connectivity index (χ2n) is 3.46. The number of nitrogens with one attached hydrogen (secondary N) is 1. The first kappa shape index (κ1) is 12.3. The Morgan fingerprint density at radius 2 is 2.00 bits per heavy atom. The number of halogens is 1. The molecule has 0 unspecified atom stereocenters. The topological polar surface area (TPSA) is 72.2 Å². The normalized spacial score (nSPS) is 12.0. The summed E-state index contributed by atoms with van der Waals surface area (Å²) in [6, 6.07) is 4.16. The van der Waals surface area contributed by atoms with Crippen LogP contribution < -0.4 is 10.5 Å². The van der Waals surface area contributed by atoms with Gasteiger partial charge in [-0.1, -0.05) is 11.6 Å². The molecule has 3 N–H and O–H groups in total. The minimum atomic E-state index is -3.57. The van der Waals surface area contributed by atoms with Crippen LogP contribution in [0.5, 0.6) is 0 Å². The van der Waals surface area contributed by atoms with Crippen molar-refractivity contribution in [3.63, 3.8) is 0 Å². The molecule has 1 aromatic carbocycles. The van der Waals surface area contributed by atoms with Crippen molar-refractivity contribution in [2.75, 3.05) is 5.73 Å². The molecule has 0 aliphatic carbocycles. The first-order valence-electron chi connectivity index (χ1n) is 4.40. The SMILES string of the molecule is CC(C)NS(=O)(=O)c1cc(Cl)ccc1N. The molecule has 0 saturated carbocycles. The van der Waals surface area contributed by atoms with Crippen LogP contribution in [0.15, 0.2) is 23.1 Å². The molecule has 4 nitrogen and oxygen atoms in total. The molecule has 0 atom stereocenters. The average molecular weight is 249 g/mol. The lowest BCUT2D eigenvalue weighted by molar-refractivity contribution is 0.570. The van der Waals surface area contributed by atoms with Crippen LogP contribution in [0.3, 0.4) is 0 Å². The van der Waals surface area contributed by atoms with Crippen LogP contribution in [0.1, 0.15) is 13.8 Å². The molecule has 0 aromatic heterocycles. The van der Waals surface area contributed by atoms with Crippen molar-refractivity contribution in [1.29, 1.82) is 0 Å². The molecule has 0 bridgehead atoms. The summed E-state index contributed by atoms with van der Waals surface area (Å²) >= 11 is 5.71. The van der Waals surface area contributed by atoms with Crippen LogP contribution in [-0.2, 0) is 10.0 Å². The highest BCUT2D eigenvalue weighted by Gasteiger charge is 2.18. The fraction of sp³-hybridized carbons (Fsp3) is 0.333. The molecule has 0 aliphatic heterocycles. The van der Waals surface area contributed by atoms with Crippen LogP contribution in [0.2, 0.25) is 5.02 Å². The van der Waals surface area contributed by atoms with Crippen molar-refractivity contribution >= 4 is 27.3 Å². The Bertz CT molecular complexity index is 457. The van der Waals surface area contributed by atoms with Gasteiger partial charge in [0.2, 0.25) is 10.0 Å². The van der Waals surface area contributed by atoms with Crippen LogP contribution in [0.4, 0.5) is 5.69 Å². The number of benzene rings is 1. The number of hydrogen-bond donors (Lipinski definition) is 2. The van der Waals surface area contributed by atoms with Crippen LogP contribution in [0, 0.1) is 0 Å². The third kappa shape index (κ3) is 3.09. The Kier molecular flexibility index (Phi) is 3.59. The summed E-state index contributed by atoms with van der Waals surface area (Å²) in [6.45, 7) is 3.47. The largest absolute Gasteiger partial charge is 0.398 e. The first-order chi connectivity index (χ1) is 6.83. The van der Waals surface area contributed by atoms with Crippen LogP contribution in [-0.4, -0.2) is 14.5 Å². The molecule has 1 aromatic rings. The second kappa shape index (κ2) is 4.38. The summed E-state index contributed by atoms with van der Waals surface area (Å²) in [7, 11) is -3.57. The maximum Gasteiger partial charge on any atom is 0.242 e. The lowest BCUT2D eigenvalue weighted by Crippen LogP contribution is -2.30. The number of hydrogen-bond acceptors (Lipinski definition) is 3. The van der Waals surface area contributed by atoms with E-state index in [0.717, 1.165) is 0 Å². The fourth-order valence-corrected chi connectivity index (χ4v) is 2.76. The lowest BCUT2D eigenvalue weighted by atomic mass is 10.3. The molecule has 0 aliphatic rings. The van der Waals surface area contributed by atoms with Gasteiger partial charge in [-0.05, 0) is 32.0 Å². The van der Waals surface area contributed by atoms with E-state index in [1.807, 2.05) is 0 Å². The van der Waals surface area contributed by atoms with Gasteiger partial charge in [-0.25, -0.2) is 13.1 Å². The van der Waals surface area contributed by atoms with E-state index in [1.165, 1.54) is 12.1 Å². The Hall–Kier alpha value is -0.780. The van der Waals surface area contributed by atoms with Crippen molar-refractivity contribution < 1.29 is 8.42 Å². The third-order valence-electron chi connectivity index (χ3n) is 1.66. The van der Waals surface area contributed by atoms with Crippen molar-refractivity contribution in [2.24, 2.45) is 0 Å². The smallest absolute Gasteiger partial charge is 0.242 e. The number of rotatable bonds is 3. The molecule has 15 heavy (non-hydrogen) atoms. The number of nitrogens with two attached hydrogens (primary N) is 1. The monoisotopic (exact) mass is 248 g/mol. The lowest BCUT2D eigenvalue weighted by Gasteiger charge is -2.11. The Balaban J connectivity index is 3.21. The fourth-order valence-electron chi connectivity index (χ4n) is 1.11. The van der Waals surface area contributed by atoms with Crippen molar-refractivity contribution in [3.8, 4) is 0 Å². The van der Waals surface area contributed by atoms with Crippen LogP contribution >= 0.6 is 11.6 Å². The molecule has 0 fully saturated rings. The van der Waals surface area contributed by atoms with Gasteiger partial charge in [0.25, 0.3) is 0 Å². The zero-order valence-electron chi connectivity index (χ0n) is 8.49. The zero-order valence-corrected chi connectivity index (χ0v) is 10.1. The minimum absolute atomic E-state index is 0.0173. The predicted molar refractivity (Wildman–Crippen MR) is 61.3 cm³/mol. The van der Waals surface area contributed by atoms with E-state index in [-0.39, 0.29) is 16.6 Å². The van der Waals surface area contributed by atoms with E-state index in [1.54, 1.807) is 19.9 Å². The summed E-state index contributed by atoms with van der Waals surface area (Å²) < 4.78 is 26.0. The van der Waals surface area contributed by atoms with Gasteiger partial charge in [0, 0.05) is 11.1 Å². The molecule has 0 radical (unpaired) electrons. The number of anilines is 1. The highest BCUT2D eigenvalue weighted by Crippen LogP contribution is 2.22. The van der Waals surface area contributed by atoms with E-state index in [2.05, 4.69) is 4.72 Å². The highest BCUT2D eigenvalue weighted by molar-refractivity contribution is 7.89. The van der Waals surface area contributed by atoms with E-state index in [9.17, 15) is 8.42 Å². The van der Waals surface area contributed by atoms with E-state index < -0.39 is 10.0 Å². The Morgan fingerprint density at radius 1 is 1.40 bits per heavy atom. The van der Waals surface area contributed by atoms with Gasteiger partial charge >= 0.3 is 0 Å². The summed E-state index contributed by atoms with van der Waals surface area (Å²) in [6.07, 6.45) is 0. The number of nitrogen functional groups attached to an aromatic ring is 1. The van der Waals surface area contributed by atoms with Crippen molar-refractivity contribution in [1.82, 2.24) is 4.72 Å². The summed E-state index contributed by atoms with van der Waals surface area (Å²) in [5.41, 5.74) is 5.76. The van der Waals surface area contributed by atoms with Gasteiger partial charge in [-0.2, -0.15) is 0 Å². The van der Waals surface area contributed by atoms with Gasteiger partial charge in [-0.3, -0.25) is 0 Å². The Labute approximate surface area is 94.5 Å². The molecular weight excluding hydrogens is 236 g/mol. The average Bonchev–Trinajstić information content (AvgIpc) is 2.06. The standard InChI is InChI=1S/C9H13ClN2O2S/c1-6(2)12-15(13,14)9-5-7(10)3-4-8(9)11/h3-6,12H,11H2,1-2H3. The molecule has 0 saturated heterocycles. The third-order valence-corrected chi connectivity index (χ3v) is 3.61. The summed E-state index contributed by atoms with van der Waals surface area (Å²) in [5, 5.41) is 0.341. The highest BCUT2D eigenvalue weighted by atomic mass is 35.5. The molecule has 0 spiro atoms. The quantitative estimate of drug-likeness (QED) is 0.799. The van der Waals surface area contributed by atoms with Crippen molar-refractivity contribution in [2.45, 2.75) is 24.8 Å². The molecule has 0 heterocycles. The van der Waals surface area contributed by atoms with Crippen molar-refractivity contribution in [3.05, 3.63) is 23.2 Å². The number of sulfonamides is 1. The minimum Gasteiger partial charge on any atom is -0.398 e. The van der Waals surface area contributed by atoms with Gasteiger partial charge in [-0.15, -0.1) is 0 Å². The van der Waals surface area contributed by atoms with Gasteiger partial charge in [0.05, 0.1) is 5.69 Å². The van der Waals surface area contributed by atoms with Gasteiger partial charge < -0.3 is 5.73 Å². The first-order valence-corrected chi connectivity index (χ1v) is 6.26. The molecule has 0 amide bonds. The van der Waals surface area contributed by atoms with E-state index >= 15 is 0 Å². The molecular formula is C9H13ClN2O2S. The summed E-state index contributed by atoms with van der Waals surface area (Å²) in [4.78, 5) is 0.0173. The molecule has 84 valence electrons. The second-order valence-corrected chi connectivity index (χ2v) is 5.58. The molecule has 6 heteroatoms. The van der Waals surface area contributed by atoms with E-state index in [4.69, 9.17) is 17.3 Å². The zero-order chi connectivity index (χ0) is 11.6. The Morgan fingerprint density at radius 3 is 2.53 bits per heavy atom. The molecule has 1 rings (SSSR count). The maximum absolute atomic E-state index is 11.8. The van der Waals surface area contributed by atoms with Gasteiger partial charge in [0.1, 0.15) is 4.90 Å². The van der Waals surface area contributed by atoms with Gasteiger partial charge in [0.15, 0.2) is 0 Å². The predicted octanol–water partition coefficient (Wildman–Crippen LogP) is 1.61. The van der Waals surface area contributed by atoms with E-state index in [0.29, 0.717) is 5.02 Å². The van der Waals surface area contributed by atoms with Crippen LogP contribution in [0.25, 0.3) is 0 Å².